The average Bonchev–Trinajstić information content (AvgIpc) is 2.38. The number of methoxy groups -OCH3 is 1. The lowest BCUT2D eigenvalue weighted by Crippen LogP contribution is -2.34. The number of nitrogens with zero attached hydrogens (tertiary/aromatic N) is 1. The number of hydrogen-bond acceptors (Lipinski definition) is 4. The predicted molar refractivity (Wildman–Crippen MR) is 66.1 cm³/mol. The van der Waals surface area contributed by atoms with Crippen molar-refractivity contribution in [2.75, 3.05) is 20.8 Å². The van der Waals surface area contributed by atoms with Gasteiger partial charge in [-0.1, -0.05) is 18.2 Å². The normalized spacial score (nSPS) is 9.72. The lowest BCUT2D eigenvalue weighted by Gasteiger charge is -2.17. The largest absolute Gasteiger partial charge is 0.496 e. The molecule has 1 aromatic carbocycles. The topological polar surface area (TPSA) is 55.8 Å². The van der Waals surface area contributed by atoms with Gasteiger partial charge in [0, 0.05) is 19.2 Å². The van der Waals surface area contributed by atoms with Crippen molar-refractivity contribution < 1.29 is 19.1 Å². The molecule has 0 aliphatic carbocycles. The lowest BCUT2D eigenvalue weighted by molar-refractivity contribution is -0.159. The van der Waals surface area contributed by atoms with E-state index in [1.165, 1.54) is 4.90 Å². The number of benzene rings is 1. The van der Waals surface area contributed by atoms with Gasteiger partial charge in [0.2, 0.25) is 0 Å². The monoisotopic (exact) mass is 251 g/mol. The molecule has 1 rings (SSSR count). The van der Waals surface area contributed by atoms with E-state index in [9.17, 15) is 9.59 Å². The fraction of sp³-hybridized carbons (Fsp3) is 0.385. The van der Waals surface area contributed by atoms with Crippen LogP contribution in [0.25, 0.3) is 0 Å². The van der Waals surface area contributed by atoms with E-state index in [1.54, 1.807) is 27.1 Å². The summed E-state index contributed by atoms with van der Waals surface area (Å²) in [6.07, 6.45) is 0. The minimum absolute atomic E-state index is 0.188. The molecular formula is C13H17NO4. The molecule has 98 valence electrons. The van der Waals surface area contributed by atoms with Crippen LogP contribution in [-0.4, -0.2) is 37.5 Å². The van der Waals surface area contributed by atoms with Crippen LogP contribution in [0.15, 0.2) is 24.3 Å². The number of likely N-dealkylation sites (N-methyl/N-ethyl adjacent to an activating group) is 1. The zero-order chi connectivity index (χ0) is 13.5. The highest BCUT2D eigenvalue weighted by Crippen LogP contribution is 2.18. The van der Waals surface area contributed by atoms with E-state index < -0.39 is 11.9 Å². The van der Waals surface area contributed by atoms with Crippen molar-refractivity contribution in [3.05, 3.63) is 29.8 Å². The molecule has 0 atom stereocenters. The van der Waals surface area contributed by atoms with E-state index in [0.29, 0.717) is 12.3 Å². The third kappa shape index (κ3) is 3.48. The molecule has 5 nitrogen and oxygen atoms in total. The van der Waals surface area contributed by atoms with Crippen LogP contribution in [0.4, 0.5) is 0 Å². The molecule has 0 unspecified atom stereocenters. The Morgan fingerprint density at radius 2 is 1.94 bits per heavy atom. The molecule has 18 heavy (non-hydrogen) atoms. The van der Waals surface area contributed by atoms with Crippen molar-refractivity contribution in [3.63, 3.8) is 0 Å². The number of ether oxygens (including phenoxy) is 2. The van der Waals surface area contributed by atoms with E-state index in [4.69, 9.17) is 4.74 Å². The zero-order valence-electron chi connectivity index (χ0n) is 10.8. The first-order valence-electron chi connectivity index (χ1n) is 5.64. The fourth-order valence-corrected chi connectivity index (χ4v) is 1.51. The van der Waals surface area contributed by atoms with Crippen LogP contribution < -0.4 is 4.74 Å². The first-order chi connectivity index (χ1) is 8.60. The summed E-state index contributed by atoms with van der Waals surface area (Å²) in [4.78, 5) is 24.2. The first-order valence-corrected chi connectivity index (χ1v) is 5.64. The molecule has 0 aromatic heterocycles. The molecule has 0 N–H and O–H groups in total. The van der Waals surface area contributed by atoms with E-state index >= 15 is 0 Å². The number of rotatable bonds is 4. The molecule has 0 bridgehead atoms. The zero-order valence-corrected chi connectivity index (χ0v) is 10.8. The van der Waals surface area contributed by atoms with E-state index in [2.05, 4.69) is 4.74 Å². The van der Waals surface area contributed by atoms with Gasteiger partial charge in [0.15, 0.2) is 0 Å². The van der Waals surface area contributed by atoms with Crippen molar-refractivity contribution >= 4 is 11.9 Å². The predicted octanol–water partition coefficient (Wildman–Crippen LogP) is 1.22. The lowest BCUT2D eigenvalue weighted by atomic mass is 10.2. The van der Waals surface area contributed by atoms with E-state index in [0.717, 1.165) is 5.56 Å². The Hall–Kier alpha value is -2.04. The molecule has 0 aliphatic heterocycles. The van der Waals surface area contributed by atoms with Crippen LogP contribution in [0.2, 0.25) is 0 Å². The summed E-state index contributed by atoms with van der Waals surface area (Å²) in [5.74, 6) is -0.821. The fourth-order valence-electron chi connectivity index (χ4n) is 1.51. The van der Waals surface area contributed by atoms with Crippen LogP contribution in [0, 0.1) is 0 Å². The third-order valence-corrected chi connectivity index (χ3v) is 2.40. The van der Waals surface area contributed by atoms with Gasteiger partial charge < -0.3 is 14.4 Å². The maximum absolute atomic E-state index is 11.6. The minimum Gasteiger partial charge on any atom is -0.496 e. The van der Waals surface area contributed by atoms with Gasteiger partial charge in [0.25, 0.3) is 0 Å². The van der Waals surface area contributed by atoms with Crippen molar-refractivity contribution in [3.8, 4) is 5.75 Å². The highest BCUT2D eigenvalue weighted by atomic mass is 16.5. The number of esters is 1. The summed E-state index contributed by atoms with van der Waals surface area (Å²) in [6, 6.07) is 7.34. The van der Waals surface area contributed by atoms with Crippen molar-refractivity contribution in [2.45, 2.75) is 13.5 Å². The second kappa shape index (κ2) is 6.64. The minimum atomic E-state index is -0.838. The van der Waals surface area contributed by atoms with Crippen LogP contribution in [0.1, 0.15) is 12.5 Å². The van der Waals surface area contributed by atoms with Crippen molar-refractivity contribution in [1.82, 2.24) is 4.90 Å². The van der Waals surface area contributed by atoms with Gasteiger partial charge in [-0.15, -0.1) is 0 Å². The van der Waals surface area contributed by atoms with Gasteiger partial charge in [-0.05, 0) is 13.0 Å². The highest BCUT2D eigenvalue weighted by molar-refractivity contribution is 6.32. The molecule has 0 fully saturated rings. The number of para-hydroxylation sites is 1. The summed E-state index contributed by atoms with van der Waals surface area (Å²) < 4.78 is 9.84. The highest BCUT2D eigenvalue weighted by Gasteiger charge is 2.20. The molecule has 0 aliphatic rings. The molecule has 0 saturated carbocycles. The molecule has 5 heteroatoms. The van der Waals surface area contributed by atoms with Crippen LogP contribution >= 0.6 is 0 Å². The number of carbonyl (C=O) groups is 2. The van der Waals surface area contributed by atoms with Gasteiger partial charge in [0.1, 0.15) is 5.75 Å². The Labute approximate surface area is 106 Å². The van der Waals surface area contributed by atoms with Crippen LogP contribution in [0.3, 0.4) is 0 Å². The molecule has 0 radical (unpaired) electrons. The number of hydrogen-bond donors (Lipinski definition) is 0. The third-order valence-electron chi connectivity index (χ3n) is 2.40. The second-order valence-electron chi connectivity index (χ2n) is 3.69. The van der Waals surface area contributed by atoms with Crippen LogP contribution in [-0.2, 0) is 20.9 Å². The number of amides is 1. The standard InChI is InChI=1S/C13H17NO4/c1-4-18-13(16)12(15)14(2)9-10-7-5-6-8-11(10)17-3/h5-8H,4,9H2,1-3H3. The van der Waals surface area contributed by atoms with Gasteiger partial charge in [-0.3, -0.25) is 4.79 Å². The van der Waals surface area contributed by atoms with Gasteiger partial charge in [-0.2, -0.15) is 0 Å². The molecule has 0 saturated heterocycles. The van der Waals surface area contributed by atoms with Gasteiger partial charge >= 0.3 is 11.9 Å². The quantitative estimate of drug-likeness (QED) is 0.596. The summed E-state index contributed by atoms with van der Waals surface area (Å²) in [5, 5.41) is 0. The maximum Gasteiger partial charge on any atom is 0.397 e. The Morgan fingerprint density at radius 3 is 2.56 bits per heavy atom. The Bertz CT molecular complexity index is 431. The second-order valence-corrected chi connectivity index (χ2v) is 3.69. The van der Waals surface area contributed by atoms with E-state index in [1.807, 2.05) is 18.2 Å². The molecule has 1 aromatic rings. The van der Waals surface area contributed by atoms with Crippen molar-refractivity contribution in [2.24, 2.45) is 0 Å². The maximum atomic E-state index is 11.6. The SMILES string of the molecule is CCOC(=O)C(=O)N(C)Cc1ccccc1OC. The Morgan fingerprint density at radius 1 is 1.28 bits per heavy atom. The first kappa shape index (κ1) is 14.0. The molecule has 0 spiro atoms. The summed E-state index contributed by atoms with van der Waals surface area (Å²) >= 11 is 0. The molecule has 0 heterocycles. The average molecular weight is 251 g/mol. The van der Waals surface area contributed by atoms with Crippen molar-refractivity contribution in [1.29, 1.82) is 0 Å². The van der Waals surface area contributed by atoms with Crippen LogP contribution in [0.5, 0.6) is 5.75 Å². The smallest absolute Gasteiger partial charge is 0.397 e. The summed E-state index contributed by atoms with van der Waals surface area (Å²) in [5.41, 5.74) is 0.833. The summed E-state index contributed by atoms with van der Waals surface area (Å²) in [7, 11) is 3.11. The van der Waals surface area contributed by atoms with Gasteiger partial charge in [-0.25, -0.2) is 4.79 Å². The Kier molecular flexibility index (Phi) is 5.17. The van der Waals surface area contributed by atoms with Gasteiger partial charge in [0.05, 0.1) is 13.7 Å². The molecular weight excluding hydrogens is 234 g/mol. The summed E-state index contributed by atoms with van der Waals surface area (Å²) in [6.45, 7) is 2.14. The van der Waals surface area contributed by atoms with E-state index in [-0.39, 0.29) is 6.61 Å². The Balaban J connectivity index is 2.72. The molecule has 1 amide bonds. The number of carbonyl (C=O) groups excluding carboxylic acids is 2.